The van der Waals surface area contributed by atoms with Gasteiger partial charge in [0.2, 0.25) is 7.38 Å². The summed E-state index contributed by atoms with van der Waals surface area (Å²) in [6.07, 6.45) is 0. The molecule has 0 aromatic heterocycles. The van der Waals surface area contributed by atoms with Gasteiger partial charge in [0.1, 0.15) is 0 Å². The summed E-state index contributed by atoms with van der Waals surface area (Å²) >= 11 is 7.84. The highest BCUT2D eigenvalue weighted by Gasteiger charge is 2.39. The number of rotatable bonds is 3. The van der Waals surface area contributed by atoms with Crippen molar-refractivity contribution in [2.45, 2.75) is 66.2 Å². The van der Waals surface area contributed by atoms with Gasteiger partial charge in [0.25, 0.3) is 0 Å². The van der Waals surface area contributed by atoms with Crippen LogP contribution in [0, 0.1) is 13.8 Å². The molecule has 1 unspecified atom stereocenters. The maximum absolute atomic E-state index is 7.84. The van der Waals surface area contributed by atoms with Crippen LogP contribution in [0.2, 0.25) is 0 Å². The summed E-state index contributed by atoms with van der Waals surface area (Å²) in [6, 6.07) is 24.6. The molecule has 30 heavy (non-hydrogen) atoms. The van der Waals surface area contributed by atoms with Gasteiger partial charge in [0.15, 0.2) is 0 Å². The van der Waals surface area contributed by atoms with E-state index in [0.717, 1.165) is 0 Å². The maximum Gasteiger partial charge on any atom is 0.247 e. The molecule has 2 heteroatoms. The highest BCUT2D eigenvalue weighted by Crippen LogP contribution is 2.29. The topological polar surface area (TPSA) is 0 Å². The summed E-state index contributed by atoms with van der Waals surface area (Å²) < 4.78 is 0. The lowest BCUT2D eigenvalue weighted by Crippen LogP contribution is -2.63. The second-order valence-electron chi connectivity index (χ2n) is 10.7. The Bertz CT molecular complexity index is 986. The van der Waals surface area contributed by atoms with Crippen molar-refractivity contribution in [3.05, 3.63) is 89.0 Å². The molecule has 3 aromatic rings. The van der Waals surface area contributed by atoms with Crippen molar-refractivity contribution >= 4 is 34.0 Å². The summed E-state index contributed by atoms with van der Waals surface area (Å²) in [5.41, 5.74) is 5.34. The van der Waals surface area contributed by atoms with E-state index >= 15 is 0 Å². The van der Waals surface area contributed by atoms with Gasteiger partial charge in [-0.1, -0.05) is 119 Å². The highest BCUT2D eigenvalue weighted by molar-refractivity contribution is 7.40. The number of aryl methyl sites for hydroxylation is 2. The minimum Gasteiger partial charge on any atom is -0.149 e. The molecule has 0 nitrogen and oxygen atoms in total. The molecule has 0 aliphatic rings. The lowest BCUT2D eigenvalue weighted by atomic mass is 9.81. The lowest BCUT2D eigenvalue weighted by molar-refractivity contribution is 0.569. The first-order valence-corrected chi connectivity index (χ1v) is 13.8. The molecule has 0 heterocycles. The van der Waals surface area contributed by atoms with Crippen LogP contribution in [0.25, 0.3) is 0 Å². The highest BCUT2D eigenvalue weighted by atomic mass is 35.6. The molecule has 3 rings (SSSR count). The van der Waals surface area contributed by atoms with Crippen molar-refractivity contribution in [2.24, 2.45) is 0 Å². The van der Waals surface area contributed by atoms with E-state index in [4.69, 9.17) is 11.1 Å². The van der Waals surface area contributed by atoms with Crippen LogP contribution in [0.4, 0.5) is 0 Å². The molecule has 158 valence electrons. The first-order valence-electron chi connectivity index (χ1n) is 10.8. The fourth-order valence-electron chi connectivity index (χ4n) is 4.03. The van der Waals surface area contributed by atoms with Gasteiger partial charge in [-0.05, 0) is 51.4 Å². The fourth-order valence-corrected chi connectivity index (χ4v) is 8.28. The predicted molar refractivity (Wildman–Crippen MR) is 137 cm³/mol. The van der Waals surface area contributed by atoms with E-state index in [2.05, 4.69) is 122 Å². The van der Waals surface area contributed by atoms with Crippen LogP contribution in [0.15, 0.2) is 66.7 Å². The Morgan fingerprint density at radius 2 is 1.00 bits per heavy atom. The number of benzene rings is 3. The Hall–Kier alpha value is -1.83. The first kappa shape index (κ1) is 22.8. The smallest absolute Gasteiger partial charge is 0.149 e. The molecule has 0 N–H and O–H groups in total. The first-order chi connectivity index (χ1) is 13.8. The van der Waals surface area contributed by atoms with Crippen LogP contribution in [-0.2, 0) is 10.8 Å². The van der Waals surface area contributed by atoms with E-state index in [0.29, 0.717) is 0 Å². The Balaban J connectivity index is 2.40. The van der Waals surface area contributed by atoms with Crippen LogP contribution in [0.1, 0.15) is 63.8 Å². The summed E-state index contributed by atoms with van der Waals surface area (Å²) in [5.74, 6) is 0. The zero-order valence-corrected chi connectivity index (χ0v) is 21.5. The molecule has 0 saturated heterocycles. The average molecular weight is 435 g/mol. The Morgan fingerprint density at radius 1 is 0.567 bits per heavy atom. The van der Waals surface area contributed by atoms with E-state index < -0.39 is 7.38 Å². The minimum absolute atomic E-state index is 0.0570. The molecule has 3 aromatic carbocycles. The van der Waals surface area contributed by atoms with Crippen LogP contribution in [-0.4, -0.2) is 7.38 Å². The van der Waals surface area contributed by atoms with E-state index in [-0.39, 0.29) is 10.8 Å². The molecule has 0 fully saturated rings. The second-order valence-corrected chi connectivity index (χ2v) is 15.4. The van der Waals surface area contributed by atoms with Gasteiger partial charge in [0.05, 0.1) is 0 Å². The SMILES string of the molecule is Cc1cc(C)cc([Si](Cl)(c2ccccc2)c2cc(C(C)(C)C)cc(C(C)(C)C)c2)c1. The van der Waals surface area contributed by atoms with Crippen molar-refractivity contribution in [1.82, 2.24) is 0 Å². The van der Waals surface area contributed by atoms with Gasteiger partial charge < -0.3 is 0 Å². The van der Waals surface area contributed by atoms with Gasteiger partial charge in [-0.2, -0.15) is 0 Å². The molecule has 0 aliphatic heterocycles. The van der Waals surface area contributed by atoms with Crippen molar-refractivity contribution in [2.75, 3.05) is 0 Å². The zero-order valence-electron chi connectivity index (χ0n) is 19.7. The Kier molecular flexibility index (Phi) is 6.10. The molecule has 0 saturated carbocycles. The number of hydrogen-bond acceptors (Lipinski definition) is 0. The molecule has 0 bridgehead atoms. The van der Waals surface area contributed by atoms with E-state index in [1.165, 1.54) is 37.8 Å². The predicted octanol–water partition coefficient (Wildman–Crippen LogP) is 6.10. The molecule has 0 amide bonds. The van der Waals surface area contributed by atoms with Gasteiger partial charge in [-0.3, -0.25) is 0 Å². The van der Waals surface area contributed by atoms with E-state index in [9.17, 15) is 0 Å². The Labute approximate surface area is 189 Å². The van der Waals surface area contributed by atoms with Crippen molar-refractivity contribution in [3.8, 4) is 0 Å². The van der Waals surface area contributed by atoms with E-state index in [1.54, 1.807) is 0 Å². The van der Waals surface area contributed by atoms with Crippen LogP contribution < -0.4 is 15.6 Å². The minimum atomic E-state index is -2.69. The standard InChI is InChI=1S/C28H35ClSi/c1-20-14-21(2)16-25(15-20)30(29,24-12-10-9-11-13-24)26-18-22(27(3,4)5)17-23(19-26)28(6,7)8/h9-19H,1-8H3. The second kappa shape index (κ2) is 8.02. The number of hydrogen-bond donors (Lipinski definition) is 0. The van der Waals surface area contributed by atoms with Gasteiger partial charge in [0, 0.05) is 0 Å². The average Bonchev–Trinajstić information content (AvgIpc) is 2.65. The summed E-state index contributed by atoms with van der Waals surface area (Å²) in [5, 5.41) is 3.78. The molecular formula is C28H35ClSi. The van der Waals surface area contributed by atoms with E-state index in [1.807, 2.05) is 0 Å². The summed E-state index contributed by atoms with van der Waals surface area (Å²) in [6.45, 7) is 18.1. The third-order valence-corrected chi connectivity index (χ3v) is 11.1. The monoisotopic (exact) mass is 434 g/mol. The summed E-state index contributed by atoms with van der Waals surface area (Å²) in [7, 11) is -2.69. The van der Waals surface area contributed by atoms with Crippen molar-refractivity contribution in [3.63, 3.8) is 0 Å². The third kappa shape index (κ3) is 4.58. The van der Waals surface area contributed by atoms with Crippen molar-refractivity contribution in [1.29, 1.82) is 0 Å². The quantitative estimate of drug-likeness (QED) is 0.265. The molecule has 0 spiro atoms. The molecule has 0 radical (unpaired) electrons. The van der Waals surface area contributed by atoms with Gasteiger partial charge in [-0.25, -0.2) is 0 Å². The molecule has 1 atom stereocenters. The van der Waals surface area contributed by atoms with Gasteiger partial charge >= 0.3 is 0 Å². The third-order valence-electron chi connectivity index (χ3n) is 5.85. The lowest BCUT2D eigenvalue weighted by Gasteiger charge is -2.32. The Morgan fingerprint density at radius 3 is 1.43 bits per heavy atom. The van der Waals surface area contributed by atoms with Gasteiger partial charge in [-0.15, -0.1) is 11.1 Å². The van der Waals surface area contributed by atoms with Crippen LogP contribution in [0.5, 0.6) is 0 Å². The largest absolute Gasteiger partial charge is 0.247 e. The zero-order chi connectivity index (χ0) is 22.3. The van der Waals surface area contributed by atoms with Crippen LogP contribution in [0.3, 0.4) is 0 Å². The van der Waals surface area contributed by atoms with Crippen molar-refractivity contribution < 1.29 is 0 Å². The molecule has 0 aliphatic carbocycles. The number of halogens is 1. The van der Waals surface area contributed by atoms with Crippen LogP contribution >= 0.6 is 11.1 Å². The molecular weight excluding hydrogens is 400 g/mol. The fraction of sp³-hybridized carbons (Fsp3) is 0.357. The summed E-state index contributed by atoms with van der Waals surface area (Å²) in [4.78, 5) is 0. The maximum atomic E-state index is 7.84. The normalized spacial score (nSPS) is 14.4.